The first-order valence-corrected chi connectivity index (χ1v) is 6.40. The molecule has 0 bridgehead atoms. The van der Waals surface area contributed by atoms with Crippen LogP contribution in [0.4, 0.5) is 0 Å². The van der Waals surface area contributed by atoms with Crippen molar-refractivity contribution in [2.75, 3.05) is 0 Å². The third-order valence-corrected chi connectivity index (χ3v) is 3.49. The summed E-state index contributed by atoms with van der Waals surface area (Å²) in [6.45, 7) is 10.9. The lowest BCUT2D eigenvalue weighted by Crippen LogP contribution is -2.12. The number of hydrogen-bond acceptors (Lipinski definition) is 1. The Bertz CT molecular complexity index is 389. The van der Waals surface area contributed by atoms with E-state index in [1.807, 2.05) is 0 Å². The maximum absolute atomic E-state index is 9.26. The molecule has 2 unspecified atom stereocenters. The zero-order valence-electron chi connectivity index (χ0n) is 11.6. The van der Waals surface area contributed by atoms with Crippen molar-refractivity contribution in [3.05, 3.63) is 35.4 Å². The van der Waals surface area contributed by atoms with E-state index in [0.717, 1.165) is 12.0 Å². The van der Waals surface area contributed by atoms with E-state index < -0.39 is 0 Å². The molecule has 0 N–H and O–H groups in total. The number of rotatable bonds is 3. The number of benzene rings is 1. The van der Waals surface area contributed by atoms with Crippen molar-refractivity contribution in [2.45, 2.75) is 52.4 Å². The average Bonchev–Trinajstić information content (AvgIpc) is 2.29. The lowest BCUT2D eigenvalue weighted by atomic mass is 9.83. The van der Waals surface area contributed by atoms with E-state index in [1.54, 1.807) is 0 Å². The van der Waals surface area contributed by atoms with Gasteiger partial charge in [0, 0.05) is 0 Å². The predicted octanol–water partition coefficient (Wildman–Crippen LogP) is 4.64. The molecule has 92 valence electrons. The second-order valence-electron chi connectivity index (χ2n) is 5.86. The van der Waals surface area contributed by atoms with Crippen LogP contribution < -0.4 is 0 Å². The monoisotopic (exact) mass is 229 g/mol. The molecule has 0 aliphatic rings. The van der Waals surface area contributed by atoms with Gasteiger partial charge in [-0.15, -0.1) is 0 Å². The average molecular weight is 229 g/mol. The Hall–Kier alpha value is -1.29. The second-order valence-corrected chi connectivity index (χ2v) is 5.86. The first-order chi connectivity index (χ1) is 7.90. The summed E-state index contributed by atoms with van der Waals surface area (Å²) in [5.41, 5.74) is 2.65. The third kappa shape index (κ3) is 3.33. The van der Waals surface area contributed by atoms with Gasteiger partial charge >= 0.3 is 0 Å². The van der Waals surface area contributed by atoms with Gasteiger partial charge in [-0.25, -0.2) is 0 Å². The molecule has 1 nitrogen and oxygen atoms in total. The molecule has 2 atom stereocenters. The Morgan fingerprint density at radius 3 is 2.06 bits per heavy atom. The van der Waals surface area contributed by atoms with E-state index in [2.05, 4.69) is 65.0 Å². The smallest absolute Gasteiger partial charge is 0.0738 e. The fourth-order valence-corrected chi connectivity index (χ4v) is 1.96. The van der Waals surface area contributed by atoms with Gasteiger partial charge < -0.3 is 0 Å². The zero-order valence-corrected chi connectivity index (χ0v) is 11.6. The summed E-state index contributed by atoms with van der Waals surface area (Å²) in [6.07, 6.45) is 1.04. The summed E-state index contributed by atoms with van der Waals surface area (Å²) in [6, 6.07) is 11.0. The van der Waals surface area contributed by atoms with Crippen LogP contribution in [0.25, 0.3) is 0 Å². The molecule has 0 radical (unpaired) electrons. The van der Waals surface area contributed by atoms with Gasteiger partial charge in [0.2, 0.25) is 0 Å². The normalized spacial score (nSPS) is 15.1. The van der Waals surface area contributed by atoms with Gasteiger partial charge in [-0.05, 0) is 22.5 Å². The van der Waals surface area contributed by atoms with Gasteiger partial charge in [-0.2, -0.15) is 5.26 Å². The first-order valence-electron chi connectivity index (χ1n) is 6.40. The van der Waals surface area contributed by atoms with Crippen LogP contribution in [-0.2, 0) is 5.41 Å². The first kappa shape index (κ1) is 13.8. The van der Waals surface area contributed by atoms with Gasteiger partial charge in [0.05, 0.1) is 12.0 Å². The molecule has 0 amide bonds. The number of nitriles is 1. The SMILES string of the molecule is CCC(C)C(C#N)c1ccc(C(C)(C)C)cc1. The van der Waals surface area contributed by atoms with Gasteiger partial charge in [0.1, 0.15) is 0 Å². The van der Waals surface area contributed by atoms with E-state index in [4.69, 9.17) is 0 Å². The molecular formula is C16H23N. The van der Waals surface area contributed by atoms with Crippen molar-refractivity contribution >= 4 is 0 Å². The van der Waals surface area contributed by atoms with Crippen molar-refractivity contribution in [1.29, 1.82) is 5.26 Å². The fourth-order valence-electron chi connectivity index (χ4n) is 1.96. The van der Waals surface area contributed by atoms with E-state index in [1.165, 1.54) is 5.56 Å². The van der Waals surface area contributed by atoms with Crippen molar-refractivity contribution in [3.63, 3.8) is 0 Å². The van der Waals surface area contributed by atoms with E-state index in [-0.39, 0.29) is 11.3 Å². The van der Waals surface area contributed by atoms with Crippen LogP contribution in [0.15, 0.2) is 24.3 Å². The Balaban J connectivity index is 2.98. The Morgan fingerprint density at radius 1 is 1.18 bits per heavy atom. The maximum Gasteiger partial charge on any atom is 0.0738 e. The largest absolute Gasteiger partial charge is 0.198 e. The molecule has 0 aliphatic heterocycles. The highest BCUT2D eigenvalue weighted by Crippen LogP contribution is 2.29. The summed E-state index contributed by atoms with van der Waals surface area (Å²) in [4.78, 5) is 0. The summed E-state index contributed by atoms with van der Waals surface area (Å²) >= 11 is 0. The minimum atomic E-state index is 0.0222. The number of hydrogen-bond donors (Lipinski definition) is 0. The Kier molecular flexibility index (Phi) is 4.34. The van der Waals surface area contributed by atoms with Gasteiger partial charge in [0.15, 0.2) is 0 Å². The summed E-state index contributed by atoms with van der Waals surface area (Å²) in [5, 5.41) is 9.26. The minimum Gasteiger partial charge on any atom is -0.198 e. The Morgan fingerprint density at radius 2 is 1.71 bits per heavy atom. The molecular weight excluding hydrogens is 206 g/mol. The van der Waals surface area contributed by atoms with Gasteiger partial charge in [-0.1, -0.05) is 65.3 Å². The fraction of sp³-hybridized carbons (Fsp3) is 0.562. The van der Waals surface area contributed by atoms with Gasteiger partial charge in [0.25, 0.3) is 0 Å². The lowest BCUT2D eigenvalue weighted by molar-refractivity contribution is 0.513. The van der Waals surface area contributed by atoms with Crippen LogP contribution in [0.2, 0.25) is 0 Å². The molecule has 1 aromatic rings. The molecule has 0 saturated carbocycles. The van der Waals surface area contributed by atoms with Crippen LogP contribution in [0.1, 0.15) is 58.1 Å². The zero-order chi connectivity index (χ0) is 13.1. The Labute approximate surface area is 105 Å². The predicted molar refractivity (Wildman–Crippen MR) is 73.0 cm³/mol. The van der Waals surface area contributed by atoms with Crippen LogP contribution in [-0.4, -0.2) is 0 Å². The molecule has 1 rings (SSSR count). The maximum atomic E-state index is 9.26. The summed E-state index contributed by atoms with van der Waals surface area (Å²) in [7, 11) is 0. The van der Waals surface area contributed by atoms with Crippen molar-refractivity contribution < 1.29 is 0 Å². The highest BCUT2D eigenvalue weighted by Gasteiger charge is 2.19. The molecule has 1 heteroatoms. The minimum absolute atomic E-state index is 0.0222. The molecule has 0 spiro atoms. The quantitative estimate of drug-likeness (QED) is 0.741. The van der Waals surface area contributed by atoms with E-state index in [0.29, 0.717) is 5.92 Å². The lowest BCUT2D eigenvalue weighted by Gasteiger charge is -2.21. The molecule has 17 heavy (non-hydrogen) atoms. The highest BCUT2D eigenvalue weighted by molar-refractivity contribution is 5.32. The van der Waals surface area contributed by atoms with Crippen molar-refractivity contribution in [1.82, 2.24) is 0 Å². The molecule has 0 heterocycles. The van der Waals surface area contributed by atoms with E-state index in [9.17, 15) is 5.26 Å². The van der Waals surface area contributed by atoms with Crippen LogP contribution in [0.3, 0.4) is 0 Å². The third-order valence-electron chi connectivity index (χ3n) is 3.49. The van der Waals surface area contributed by atoms with Crippen LogP contribution in [0.5, 0.6) is 0 Å². The molecule has 0 aliphatic carbocycles. The van der Waals surface area contributed by atoms with Crippen molar-refractivity contribution in [3.8, 4) is 6.07 Å². The van der Waals surface area contributed by atoms with Crippen LogP contribution >= 0.6 is 0 Å². The molecule has 0 saturated heterocycles. The molecule has 0 fully saturated rings. The topological polar surface area (TPSA) is 23.8 Å². The number of nitrogens with zero attached hydrogens (tertiary/aromatic N) is 1. The van der Waals surface area contributed by atoms with Crippen LogP contribution in [0, 0.1) is 17.2 Å². The second kappa shape index (κ2) is 5.36. The standard InChI is InChI=1S/C16H23N/c1-6-12(2)15(11-17)13-7-9-14(10-8-13)16(3,4)5/h7-10,12,15H,6H2,1-5H3. The molecule has 0 aromatic heterocycles. The highest BCUT2D eigenvalue weighted by atomic mass is 14.3. The van der Waals surface area contributed by atoms with E-state index >= 15 is 0 Å². The molecule has 1 aromatic carbocycles. The van der Waals surface area contributed by atoms with Gasteiger partial charge in [-0.3, -0.25) is 0 Å². The summed E-state index contributed by atoms with van der Waals surface area (Å²) in [5.74, 6) is 0.439. The summed E-state index contributed by atoms with van der Waals surface area (Å²) < 4.78 is 0. The van der Waals surface area contributed by atoms with Crippen molar-refractivity contribution in [2.24, 2.45) is 5.92 Å².